The summed E-state index contributed by atoms with van der Waals surface area (Å²) in [5.74, 6) is 0. The average molecular weight is 611 g/mol. The summed E-state index contributed by atoms with van der Waals surface area (Å²) in [6.45, 7) is 0. The number of hydrogen-bond acceptors (Lipinski definition) is 0. The zero-order valence-corrected chi connectivity index (χ0v) is 26.3. The van der Waals surface area contributed by atoms with Crippen molar-refractivity contribution in [3.8, 4) is 0 Å². The van der Waals surface area contributed by atoms with Gasteiger partial charge in [0.15, 0.2) is 0 Å². The van der Waals surface area contributed by atoms with Crippen molar-refractivity contribution in [2.45, 2.75) is 0 Å². The van der Waals surface area contributed by atoms with Crippen LogP contribution in [0.15, 0.2) is 121 Å². The molecule has 0 atom stereocenters. The molecule has 0 unspecified atom stereocenters. The zero-order valence-electron chi connectivity index (χ0n) is 26.3. The van der Waals surface area contributed by atoms with Crippen LogP contribution in [0.1, 0.15) is 0 Å². The van der Waals surface area contributed by atoms with Gasteiger partial charge < -0.3 is 17.9 Å². The SMILES string of the molecule is Cn1c2ccccc2c2cc3c4cc5c(cc4n4c6ccccc6c(c21)c34)c1cc2c3ccccc3n(C)c2c2c3ccccc3n5c12. The molecule has 0 saturated heterocycles. The molecule has 4 nitrogen and oxygen atoms in total. The van der Waals surface area contributed by atoms with E-state index in [1.807, 2.05) is 0 Å². The minimum Gasteiger partial charge on any atom is -0.343 e. The number of nitrogens with zero attached hydrogens (tertiary/aromatic N) is 4. The summed E-state index contributed by atoms with van der Waals surface area (Å²) in [5, 5.41) is 15.8. The maximum Gasteiger partial charge on any atom is 0.0641 e. The fourth-order valence-electron chi connectivity index (χ4n) is 9.93. The Hall–Kier alpha value is -6.26. The highest BCUT2D eigenvalue weighted by atomic mass is 15.0. The molecule has 0 fully saturated rings. The van der Waals surface area contributed by atoms with E-state index in [1.165, 1.54) is 120 Å². The first-order valence-electron chi connectivity index (χ1n) is 16.7. The number of hydrogen-bond donors (Lipinski definition) is 0. The van der Waals surface area contributed by atoms with Gasteiger partial charge >= 0.3 is 0 Å². The average Bonchev–Trinajstić information content (AvgIpc) is 3.94. The van der Waals surface area contributed by atoms with Crippen LogP contribution in [0.3, 0.4) is 0 Å². The van der Waals surface area contributed by atoms with Crippen LogP contribution >= 0.6 is 0 Å². The zero-order chi connectivity index (χ0) is 31.2. The summed E-state index contributed by atoms with van der Waals surface area (Å²) in [6, 6.07) is 45.6. The summed E-state index contributed by atoms with van der Waals surface area (Å²) in [6.07, 6.45) is 0. The van der Waals surface area contributed by atoms with E-state index >= 15 is 0 Å². The van der Waals surface area contributed by atoms with Gasteiger partial charge in [-0.25, -0.2) is 0 Å². The number of para-hydroxylation sites is 4. The van der Waals surface area contributed by atoms with Crippen molar-refractivity contribution in [1.82, 2.24) is 17.9 Å². The summed E-state index contributed by atoms with van der Waals surface area (Å²) in [4.78, 5) is 0. The van der Waals surface area contributed by atoms with Crippen molar-refractivity contribution in [3.05, 3.63) is 121 Å². The predicted molar refractivity (Wildman–Crippen MR) is 204 cm³/mol. The van der Waals surface area contributed by atoms with Crippen molar-refractivity contribution in [2.75, 3.05) is 0 Å². The third-order valence-corrected chi connectivity index (χ3v) is 11.8. The highest BCUT2D eigenvalue weighted by Gasteiger charge is 2.26. The van der Waals surface area contributed by atoms with Crippen LogP contribution in [0.5, 0.6) is 0 Å². The molecule has 0 saturated carbocycles. The molecule has 6 heterocycles. The Balaban J connectivity index is 1.33. The molecule has 0 aliphatic carbocycles. The van der Waals surface area contributed by atoms with Crippen LogP contribution in [-0.2, 0) is 14.1 Å². The van der Waals surface area contributed by atoms with E-state index in [4.69, 9.17) is 0 Å². The smallest absolute Gasteiger partial charge is 0.0641 e. The summed E-state index contributed by atoms with van der Waals surface area (Å²) < 4.78 is 9.90. The Kier molecular flexibility index (Phi) is 3.82. The largest absolute Gasteiger partial charge is 0.343 e. The number of rotatable bonds is 0. The lowest BCUT2D eigenvalue weighted by molar-refractivity contribution is 1.02. The molecule has 222 valence electrons. The van der Waals surface area contributed by atoms with Crippen molar-refractivity contribution in [1.29, 1.82) is 0 Å². The lowest BCUT2D eigenvalue weighted by Crippen LogP contribution is -1.87. The van der Waals surface area contributed by atoms with Crippen LogP contribution in [0.25, 0.3) is 120 Å². The van der Waals surface area contributed by atoms with Gasteiger partial charge in [-0.15, -0.1) is 0 Å². The molecule has 0 aliphatic rings. The molecule has 13 aromatic rings. The van der Waals surface area contributed by atoms with E-state index in [2.05, 4.69) is 153 Å². The van der Waals surface area contributed by atoms with Gasteiger partial charge in [0, 0.05) is 89.8 Å². The van der Waals surface area contributed by atoms with E-state index in [9.17, 15) is 0 Å². The van der Waals surface area contributed by atoms with E-state index in [0.29, 0.717) is 0 Å². The van der Waals surface area contributed by atoms with Gasteiger partial charge in [0.1, 0.15) is 0 Å². The Bertz CT molecular complexity index is 3340. The summed E-state index contributed by atoms with van der Waals surface area (Å²) in [7, 11) is 4.45. The van der Waals surface area contributed by atoms with Crippen molar-refractivity contribution < 1.29 is 0 Å². The molecule has 48 heavy (non-hydrogen) atoms. The number of fused-ring (bicyclic) bond motifs is 20. The lowest BCUT2D eigenvalue weighted by Gasteiger charge is -2.03. The Labute approximate surface area is 272 Å². The van der Waals surface area contributed by atoms with Gasteiger partial charge in [-0.05, 0) is 48.5 Å². The van der Waals surface area contributed by atoms with E-state index in [1.54, 1.807) is 0 Å². The standard InChI is InChI=1S/C44H26N4/c1-45-33-15-7-3-11-23(33)29-19-31-27-21-38-28(22-37(27)47-35-17-9-5-13-25(35)39(41(29)45)43(31)47)32-20-30-24-12-4-8-16-34(24)46(2)42(30)40-26-14-6-10-18-36(26)48(38)44(32)40/h3-22H,1-2H3. The topological polar surface area (TPSA) is 18.7 Å². The van der Waals surface area contributed by atoms with Gasteiger partial charge in [0.25, 0.3) is 0 Å². The van der Waals surface area contributed by atoms with Crippen molar-refractivity contribution in [3.63, 3.8) is 0 Å². The molecule has 0 spiro atoms. The van der Waals surface area contributed by atoms with Crippen LogP contribution in [0.4, 0.5) is 0 Å². The molecular weight excluding hydrogens is 585 g/mol. The Morgan fingerprint density at radius 2 is 0.646 bits per heavy atom. The molecule has 0 bridgehead atoms. The summed E-state index contributed by atoms with van der Waals surface area (Å²) >= 11 is 0. The minimum atomic E-state index is 1.27. The molecule has 0 amide bonds. The maximum absolute atomic E-state index is 2.55. The minimum absolute atomic E-state index is 1.27. The molecule has 0 aliphatic heterocycles. The van der Waals surface area contributed by atoms with E-state index in [0.717, 1.165) is 0 Å². The maximum atomic E-state index is 2.55. The second-order valence-corrected chi connectivity index (χ2v) is 13.8. The van der Waals surface area contributed by atoms with Gasteiger partial charge in [-0.3, -0.25) is 0 Å². The molecule has 6 aromatic heterocycles. The second kappa shape index (κ2) is 7.64. The highest BCUT2D eigenvalue weighted by molar-refractivity contribution is 6.37. The highest BCUT2D eigenvalue weighted by Crippen LogP contribution is 2.49. The molecule has 0 N–H and O–H groups in total. The van der Waals surface area contributed by atoms with E-state index < -0.39 is 0 Å². The monoisotopic (exact) mass is 610 g/mol. The van der Waals surface area contributed by atoms with Gasteiger partial charge in [0.2, 0.25) is 0 Å². The normalized spacial score (nSPS) is 13.2. The van der Waals surface area contributed by atoms with Crippen molar-refractivity contribution >= 4 is 120 Å². The third-order valence-electron chi connectivity index (χ3n) is 11.8. The van der Waals surface area contributed by atoms with Gasteiger partial charge in [-0.1, -0.05) is 72.8 Å². The quantitative estimate of drug-likeness (QED) is 0.163. The Morgan fingerprint density at radius 3 is 1.08 bits per heavy atom. The van der Waals surface area contributed by atoms with Gasteiger partial charge in [-0.2, -0.15) is 0 Å². The van der Waals surface area contributed by atoms with Crippen LogP contribution in [-0.4, -0.2) is 17.9 Å². The van der Waals surface area contributed by atoms with Gasteiger partial charge in [0.05, 0.1) is 44.1 Å². The fourth-order valence-corrected chi connectivity index (χ4v) is 9.93. The second-order valence-electron chi connectivity index (χ2n) is 13.8. The van der Waals surface area contributed by atoms with Crippen LogP contribution < -0.4 is 0 Å². The molecule has 13 rings (SSSR count). The summed E-state index contributed by atoms with van der Waals surface area (Å²) in [5.41, 5.74) is 12.9. The lowest BCUT2D eigenvalue weighted by atomic mass is 10.0. The fraction of sp³-hybridized carbons (Fsp3) is 0.0455. The molecule has 0 radical (unpaired) electrons. The van der Waals surface area contributed by atoms with Crippen molar-refractivity contribution in [2.24, 2.45) is 14.1 Å². The first-order valence-corrected chi connectivity index (χ1v) is 16.7. The number of aryl methyl sites for hydroxylation is 2. The number of aromatic nitrogens is 4. The third kappa shape index (κ3) is 2.40. The molecular formula is C44H26N4. The predicted octanol–water partition coefficient (Wildman–Crippen LogP) is 11.3. The first kappa shape index (κ1) is 24.0. The van der Waals surface area contributed by atoms with E-state index in [-0.39, 0.29) is 0 Å². The number of benzene rings is 7. The molecule has 4 heteroatoms. The molecule has 7 aromatic carbocycles. The first-order chi connectivity index (χ1) is 23.7. The Morgan fingerprint density at radius 1 is 0.292 bits per heavy atom. The van der Waals surface area contributed by atoms with Crippen LogP contribution in [0, 0.1) is 0 Å². The van der Waals surface area contributed by atoms with Crippen LogP contribution in [0.2, 0.25) is 0 Å².